The molecule has 0 radical (unpaired) electrons. The average Bonchev–Trinajstić information content (AvgIpc) is 2.49. The second kappa shape index (κ2) is 4.84. The van der Waals surface area contributed by atoms with E-state index in [2.05, 4.69) is 0 Å². The van der Waals surface area contributed by atoms with Gasteiger partial charge in [-0.2, -0.15) is 0 Å². The highest BCUT2D eigenvalue weighted by molar-refractivity contribution is 5.67. The Kier molecular flexibility index (Phi) is 3.74. The summed E-state index contributed by atoms with van der Waals surface area (Å²) in [5.41, 5.74) is 5.66. The summed E-state index contributed by atoms with van der Waals surface area (Å²) in [5.74, 6) is 0.642. The van der Waals surface area contributed by atoms with Gasteiger partial charge in [-0.25, -0.2) is 0 Å². The molecule has 1 aromatic rings. The second-order valence-corrected chi connectivity index (χ2v) is 3.62. The Morgan fingerprint density at radius 1 is 1.67 bits per heavy atom. The molecule has 3 N–H and O–H groups in total. The summed E-state index contributed by atoms with van der Waals surface area (Å²) in [6.07, 6.45) is -0.0377. The minimum absolute atomic E-state index is 0.0377. The van der Waals surface area contributed by atoms with Gasteiger partial charge in [0.25, 0.3) is 0 Å². The molecule has 0 amide bonds. The fraction of sp³-hybridized carbons (Fsp3) is 0.500. The molecule has 0 bridgehead atoms. The van der Waals surface area contributed by atoms with Gasteiger partial charge in [0.2, 0.25) is 0 Å². The predicted octanol–water partition coefficient (Wildman–Crippen LogP) is 0.826. The molecule has 0 aromatic carbocycles. The molecule has 1 atom stereocenters. The van der Waals surface area contributed by atoms with Crippen molar-refractivity contribution in [2.24, 2.45) is 5.73 Å². The first-order chi connectivity index (χ1) is 6.99. The quantitative estimate of drug-likeness (QED) is 0.755. The SMILES string of the molecule is Cc1ccc(N(C)CC(N)CC(=O)O)o1. The number of rotatable bonds is 5. The van der Waals surface area contributed by atoms with E-state index in [1.165, 1.54) is 0 Å². The lowest BCUT2D eigenvalue weighted by Crippen LogP contribution is -2.36. The molecule has 0 aliphatic rings. The normalized spacial score (nSPS) is 12.5. The van der Waals surface area contributed by atoms with E-state index >= 15 is 0 Å². The Balaban J connectivity index is 2.48. The highest BCUT2D eigenvalue weighted by atomic mass is 16.4. The molecule has 0 aliphatic carbocycles. The first kappa shape index (κ1) is 11.6. The second-order valence-electron chi connectivity index (χ2n) is 3.62. The van der Waals surface area contributed by atoms with Crippen LogP contribution in [0.25, 0.3) is 0 Å². The number of carbonyl (C=O) groups is 1. The maximum Gasteiger partial charge on any atom is 0.304 e. The maximum atomic E-state index is 10.4. The van der Waals surface area contributed by atoms with Crippen LogP contribution in [0, 0.1) is 6.92 Å². The van der Waals surface area contributed by atoms with Gasteiger partial charge in [0.05, 0.1) is 6.42 Å². The number of nitrogens with zero attached hydrogens (tertiary/aromatic N) is 1. The van der Waals surface area contributed by atoms with Crippen molar-refractivity contribution in [2.75, 3.05) is 18.5 Å². The third-order valence-electron chi connectivity index (χ3n) is 2.05. The van der Waals surface area contributed by atoms with Crippen LogP contribution in [0.2, 0.25) is 0 Å². The highest BCUT2D eigenvalue weighted by Crippen LogP contribution is 2.16. The summed E-state index contributed by atoms with van der Waals surface area (Å²) < 4.78 is 5.37. The maximum absolute atomic E-state index is 10.4. The molecule has 5 nitrogen and oxygen atoms in total. The molecule has 1 heterocycles. The number of likely N-dealkylation sites (N-methyl/N-ethyl adjacent to an activating group) is 1. The highest BCUT2D eigenvalue weighted by Gasteiger charge is 2.12. The summed E-state index contributed by atoms with van der Waals surface area (Å²) >= 11 is 0. The largest absolute Gasteiger partial charge is 0.481 e. The van der Waals surface area contributed by atoms with Crippen LogP contribution < -0.4 is 10.6 Å². The van der Waals surface area contributed by atoms with Gasteiger partial charge in [-0.05, 0) is 13.0 Å². The molecule has 1 rings (SSSR count). The van der Waals surface area contributed by atoms with Crippen molar-refractivity contribution in [1.82, 2.24) is 0 Å². The van der Waals surface area contributed by atoms with Gasteiger partial charge < -0.3 is 20.2 Å². The summed E-state index contributed by atoms with van der Waals surface area (Å²) in [4.78, 5) is 12.2. The molecular weight excluding hydrogens is 196 g/mol. The number of carboxylic acids is 1. The zero-order chi connectivity index (χ0) is 11.4. The van der Waals surface area contributed by atoms with Crippen molar-refractivity contribution >= 4 is 11.9 Å². The van der Waals surface area contributed by atoms with E-state index in [1.54, 1.807) is 4.90 Å². The lowest BCUT2D eigenvalue weighted by atomic mass is 10.2. The van der Waals surface area contributed by atoms with Crippen LogP contribution in [0.5, 0.6) is 0 Å². The van der Waals surface area contributed by atoms with Gasteiger partial charge >= 0.3 is 5.97 Å². The Hall–Kier alpha value is -1.49. The van der Waals surface area contributed by atoms with Crippen molar-refractivity contribution < 1.29 is 14.3 Å². The molecule has 84 valence electrons. The Bertz CT molecular complexity index is 335. The first-order valence-electron chi connectivity index (χ1n) is 4.74. The number of aryl methyl sites for hydroxylation is 1. The molecule has 1 aromatic heterocycles. The van der Waals surface area contributed by atoms with Crippen molar-refractivity contribution in [1.29, 1.82) is 0 Å². The molecular formula is C10H16N2O3. The first-order valence-corrected chi connectivity index (χ1v) is 4.74. The van der Waals surface area contributed by atoms with Crippen LogP contribution in [0.3, 0.4) is 0 Å². The predicted molar refractivity (Wildman–Crippen MR) is 56.9 cm³/mol. The standard InChI is InChI=1S/C10H16N2O3/c1-7-3-4-9(15-7)12(2)6-8(11)5-10(13)14/h3-4,8H,5-6,11H2,1-2H3,(H,13,14). The topological polar surface area (TPSA) is 79.7 Å². The fourth-order valence-corrected chi connectivity index (χ4v) is 1.36. The Labute approximate surface area is 88.5 Å². The third kappa shape index (κ3) is 3.63. The monoisotopic (exact) mass is 212 g/mol. The molecule has 0 aliphatic heterocycles. The number of nitrogens with two attached hydrogens (primary N) is 1. The van der Waals surface area contributed by atoms with E-state index in [-0.39, 0.29) is 6.42 Å². The summed E-state index contributed by atoms with van der Waals surface area (Å²) in [6.45, 7) is 2.31. The lowest BCUT2D eigenvalue weighted by Gasteiger charge is -2.19. The Morgan fingerprint density at radius 2 is 2.33 bits per heavy atom. The van der Waals surface area contributed by atoms with Crippen molar-refractivity contribution in [2.45, 2.75) is 19.4 Å². The number of hydrogen-bond acceptors (Lipinski definition) is 4. The minimum atomic E-state index is -0.883. The van der Waals surface area contributed by atoms with Crippen LogP contribution in [0.4, 0.5) is 5.88 Å². The van der Waals surface area contributed by atoms with E-state index in [9.17, 15) is 4.79 Å². The molecule has 15 heavy (non-hydrogen) atoms. The van der Waals surface area contributed by atoms with Gasteiger partial charge in [0.1, 0.15) is 5.76 Å². The Morgan fingerprint density at radius 3 is 2.80 bits per heavy atom. The van der Waals surface area contributed by atoms with Gasteiger partial charge in [0.15, 0.2) is 5.88 Å². The van der Waals surface area contributed by atoms with Crippen LogP contribution in [0.15, 0.2) is 16.5 Å². The number of furan rings is 1. The van der Waals surface area contributed by atoms with E-state index in [4.69, 9.17) is 15.3 Å². The number of anilines is 1. The zero-order valence-corrected chi connectivity index (χ0v) is 8.93. The minimum Gasteiger partial charge on any atom is -0.481 e. The van der Waals surface area contributed by atoms with Gasteiger partial charge in [-0.3, -0.25) is 4.79 Å². The van der Waals surface area contributed by atoms with Gasteiger partial charge in [-0.15, -0.1) is 0 Å². The molecule has 0 fully saturated rings. The van der Waals surface area contributed by atoms with Gasteiger partial charge in [0, 0.05) is 25.7 Å². The number of aliphatic carboxylic acids is 1. The van der Waals surface area contributed by atoms with E-state index in [1.807, 2.05) is 26.1 Å². The zero-order valence-electron chi connectivity index (χ0n) is 8.93. The molecule has 1 unspecified atom stereocenters. The van der Waals surface area contributed by atoms with Crippen LogP contribution in [0.1, 0.15) is 12.2 Å². The lowest BCUT2D eigenvalue weighted by molar-refractivity contribution is -0.137. The van der Waals surface area contributed by atoms with Crippen LogP contribution in [-0.4, -0.2) is 30.7 Å². The van der Waals surface area contributed by atoms with Crippen LogP contribution >= 0.6 is 0 Å². The number of hydrogen-bond donors (Lipinski definition) is 2. The summed E-state index contributed by atoms with van der Waals surface area (Å²) in [6, 6.07) is 3.30. The van der Waals surface area contributed by atoms with Crippen molar-refractivity contribution in [3.63, 3.8) is 0 Å². The van der Waals surface area contributed by atoms with E-state index in [0.717, 1.165) is 5.76 Å². The van der Waals surface area contributed by atoms with Crippen LogP contribution in [-0.2, 0) is 4.79 Å². The van der Waals surface area contributed by atoms with Crippen molar-refractivity contribution in [3.05, 3.63) is 17.9 Å². The third-order valence-corrected chi connectivity index (χ3v) is 2.05. The molecule has 5 heteroatoms. The molecule has 0 spiro atoms. The van der Waals surface area contributed by atoms with E-state index < -0.39 is 12.0 Å². The molecule has 0 saturated carbocycles. The number of carboxylic acid groups (broad SMARTS) is 1. The van der Waals surface area contributed by atoms with Crippen molar-refractivity contribution in [3.8, 4) is 0 Å². The van der Waals surface area contributed by atoms with E-state index in [0.29, 0.717) is 12.4 Å². The average molecular weight is 212 g/mol. The summed E-state index contributed by atoms with van der Waals surface area (Å²) in [7, 11) is 1.82. The van der Waals surface area contributed by atoms with Gasteiger partial charge in [-0.1, -0.05) is 0 Å². The smallest absolute Gasteiger partial charge is 0.304 e. The fourth-order valence-electron chi connectivity index (χ4n) is 1.36. The molecule has 0 saturated heterocycles. The summed E-state index contributed by atoms with van der Waals surface area (Å²) in [5, 5.41) is 8.55.